The zero-order chi connectivity index (χ0) is 15.4. The van der Waals surface area contributed by atoms with E-state index in [1.54, 1.807) is 25.0 Å². The SMILES string of the molecule is CNC(c1ccc(F)cc1F)c1c(Br)cnn1CCOC. The molecule has 0 aliphatic rings. The molecule has 1 atom stereocenters. The molecular weight excluding hydrogens is 344 g/mol. The highest BCUT2D eigenvalue weighted by atomic mass is 79.9. The molecule has 4 nitrogen and oxygen atoms in total. The molecule has 1 unspecified atom stereocenters. The van der Waals surface area contributed by atoms with Crippen LogP contribution in [-0.2, 0) is 11.3 Å². The number of nitrogens with zero attached hydrogens (tertiary/aromatic N) is 2. The first-order valence-corrected chi connectivity index (χ1v) is 7.20. The van der Waals surface area contributed by atoms with E-state index in [0.29, 0.717) is 18.7 Å². The summed E-state index contributed by atoms with van der Waals surface area (Å²) in [5.74, 6) is -1.20. The predicted octanol–water partition coefficient (Wildman–Crippen LogP) is 2.88. The van der Waals surface area contributed by atoms with Gasteiger partial charge in [0.05, 0.1) is 35.6 Å². The minimum Gasteiger partial charge on any atom is -0.383 e. The molecule has 1 aromatic heterocycles. The summed E-state index contributed by atoms with van der Waals surface area (Å²) in [5, 5.41) is 7.29. The van der Waals surface area contributed by atoms with Crippen molar-refractivity contribution in [2.75, 3.05) is 20.8 Å². The van der Waals surface area contributed by atoms with Crippen molar-refractivity contribution in [1.29, 1.82) is 0 Å². The molecule has 21 heavy (non-hydrogen) atoms. The molecule has 0 aliphatic carbocycles. The highest BCUT2D eigenvalue weighted by molar-refractivity contribution is 9.10. The minimum atomic E-state index is -0.599. The van der Waals surface area contributed by atoms with E-state index in [-0.39, 0.29) is 0 Å². The van der Waals surface area contributed by atoms with Crippen LogP contribution in [0.3, 0.4) is 0 Å². The Morgan fingerprint density at radius 3 is 2.81 bits per heavy atom. The van der Waals surface area contributed by atoms with Gasteiger partial charge in [0.15, 0.2) is 0 Å². The Morgan fingerprint density at radius 2 is 2.19 bits per heavy atom. The lowest BCUT2D eigenvalue weighted by Crippen LogP contribution is -2.24. The summed E-state index contributed by atoms with van der Waals surface area (Å²) in [6.07, 6.45) is 1.65. The van der Waals surface area contributed by atoms with Crippen LogP contribution in [0.5, 0.6) is 0 Å². The lowest BCUT2D eigenvalue weighted by Gasteiger charge is -2.20. The highest BCUT2D eigenvalue weighted by Gasteiger charge is 2.23. The van der Waals surface area contributed by atoms with E-state index in [4.69, 9.17) is 4.74 Å². The largest absolute Gasteiger partial charge is 0.383 e. The molecule has 1 N–H and O–H groups in total. The van der Waals surface area contributed by atoms with Gasteiger partial charge in [-0.05, 0) is 29.0 Å². The zero-order valence-corrected chi connectivity index (χ0v) is 13.3. The number of ether oxygens (including phenoxy) is 1. The average Bonchev–Trinajstić information content (AvgIpc) is 2.81. The first-order chi connectivity index (χ1) is 10.1. The van der Waals surface area contributed by atoms with Crippen LogP contribution in [-0.4, -0.2) is 30.5 Å². The van der Waals surface area contributed by atoms with Crippen LogP contribution in [0.15, 0.2) is 28.9 Å². The fraction of sp³-hybridized carbons (Fsp3) is 0.357. The third-order valence-corrected chi connectivity index (χ3v) is 3.79. The standard InChI is InChI=1S/C14H16BrF2N3O/c1-18-13(10-4-3-9(16)7-12(10)17)14-11(15)8-19-20(14)5-6-21-2/h3-4,7-8,13,18H,5-6H2,1-2H3. The molecule has 0 bridgehead atoms. The smallest absolute Gasteiger partial charge is 0.131 e. The summed E-state index contributed by atoms with van der Waals surface area (Å²) in [6.45, 7) is 1.03. The van der Waals surface area contributed by atoms with Gasteiger partial charge in [0.2, 0.25) is 0 Å². The summed E-state index contributed by atoms with van der Waals surface area (Å²) in [6, 6.07) is 3.11. The number of rotatable bonds is 6. The normalized spacial score (nSPS) is 12.6. The van der Waals surface area contributed by atoms with Crippen molar-refractivity contribution in [3.63, 3.8) is 0 Å². The van der Waals surface area contributed by atoms with Crippen LogP contribution >= 0.6 is 15.9 Å². The van der Waals surface area contributed by atoms with Gasteiger partial charge in [-0.15, -0.1) is 0 Å². The summed E-state index contributed by atoms with van der Waals surface area (Å²) >= 11 is 3.43. The summed E-state index contributed by atoms with van der Waals surface area (Å²) in [4.78, 5) is 0. The Hall–Kier alpha value is -1.31. The van der Waals surface area contributed by atoms with E-state index in [1.807, 2.05) is 0 Å². The molecule has 0 fully saturated rings. The van der Waals surface area contributed by atoms with Gasteiger partial charge in [0.25, 0.3) is 0 Å². The van der Waals surface area contributed by atoms with Crippen molar-refractivity contribution in [3.05, 3.63) is 51.8 Å². The molecule has 0 spiro atoms. The van der Waals surface area contributed by atoms with E-state index in [1.165, 1.54) is 12.1 Å². The van der Waals surface area contributed by atoms with Crippen molar-refractivity contribution < 1.29 is 13.5 Å². The van der Waals surface area contributed by atoms with Gasteiger partial charge < -0.3 is 10.1 Å². The number of halogens is 3. The molecule has 1 heterocycles. The molecule has 0 radical (unpaired) electrons. The van der Waals surface area contributed by atoms with Crippen LogP contribution < -0.4 is 5.32 Å². The zero-order valence-electron chi connectivity index (χ0n) is 11.7. The van der Waals surface area contributed by atoms with Gasteiger partial charge in [-0.1, -0.05) is 6.07 Å². The lowest BCUT2D eigenvalue weighted by atomic mass is 10.0. The Kier molecular flexibility index (Phi) is 5.44. The fourth-order valence-electron chi connectivity index (χ4n) is 2.19. The molecule has 2 aromatic rings. The van der Waals surface area contributed by atoms with Crippen molar-refractivity contribution in [1.82, 2.24) is 15.1 Å². The molecule has 0 amide bonds. The second-order valence-electron chi connectivity index (χ2n) is 4.48. The molecule has 0 aliphatic heterocycles. The number of methoxy groups -OCH3 is 1. The second kappa shape index (κ2) is 7.11. The molecular formula is C14H16BrF2N3O. The van der Waals surface area contributed by atoms with E-state index >= 15 is 0 Å². The molecule has 0 saturated heterocycles. The first kappa shape index (κ1) is 16.1. The Balaban J connectivity index is 2.43. The van der Waals surface area contributed by atoms with Crippen LogP contribution in [0.25, 0.3) is 0 Å². The fourth-order valence-corrected chi connectivity index (χ4v) is 2.72. The Morgan fingerprint density at radius 1 is 1.43 bits per heavy atom. The molecule has 2 rings (SSSR count). The second-order valence-corrected chi connectivity index (χ2v) is 5.34. The minimum absolute atomic E-state index is 0.360. The van der Waals surface area contributed by atoms with E-state index in [0.717, 1.165) is 16.2 Å². The quantitative estimate of drug-likeness (QED) is 0.861. The van der Waals surface area contributed by atoms with Crippen LogP contribution in [0.4, 0.5) is 8.78 Å². The van der Waals surface area contributed by atoms with Crippen molar-refractivity contribution >= 4 is 15.9 Å². The number of hydrogen-bond donors (Lipinski definition) is 1. The number of hydrogen-bond acceptors (Lipinski definition) is 3. The van der Waals surface area contributed by atoms with E-state index in [2.05, 4.69) is 26.3 Å². The summed E-state index contributed by atoms with van der Waals surface area (Å²) in [5.41, 5.74) is 1.12. The maximum Gasteiger partial charge on any atom is 0.131 e. The first-order valence-electron chi connectivity index (χ1n) is 6.40. The molecule has 0 saturated carbocycles. The van der Waals surface area contributed by atoms with Crippen molar-refractivity contribution in [2.24, 2.45) is 0 Å². The number of benzene rings is 1. The molecule has 114 valence electrons. The van der Waals surface area contributed by atoms with E-state index < -0.39 is 17.7 Å². The predicted molar refractivity (Wildman–Crippen MR) is 79.1 cm³/mol. The van der Waals surface area contributed by atoms with Gasteiger partial charge in [-0.3, -0.25) is 4.68 Å². The van der Waals surface area contributed by atoms with Crippen LogP contribution in [0, 0.1) is 11.6 Å². The summed E-state index contributed by atoms with van der Waals surface area (Å²) < 4.78 is 34.7. The van der Waals surface area contributed by atoms with Crippen LogP contribution in [0.2, 0.25) is 0 Å². The Labute approximate surface area is 130 Å². The third-order valence-electron chi connectivity index (χ3n) is 3.18. The van der Waals surface area contributed by atoms with Gasteiger partial charge in [0.1, 0.15) is 11.6 Å². The topological polar surface area (TPSA) is 39.1 Å². The van der Waals surface area contributed by atoms with Crippen molar-refractivity contribution in [2.45, 2.75) is 12.6 Å². The molecule has 1 aromatic carbocycles. The highest BCUT2D eigenvalue weighted by Crippen LogP contribution is 2.30. The van der Waals surface area contributed by atoms with Crippen LogP contribution in [0.1, 0.15) is 17.3 Å². The van der Waals surface area contributed by atoms with Gasteiger partial charge >= 0.3 is 0 Å². The van der Waals surface area contributed by atoms with E-state index in [9.17, 15) is 8.78 Å². The monoisotopic (exact) mass is 359 g/mol. The number of nitrogens with one attached hydrogen (secondary N) is 1. The maximum absolute atomic E-state index is 14.0. The average molecular weight is 360 g/mol. The van der Waals surface area contributed by atoms with Gasteiger partial charge in [0, 0.05) is 18.7 Å². The third kappa shape index (κ3) is 3.48. The van der Waals surface area contributed by atoms with Gasteiger partial charge in [-0.2, -0.15) is 5.10 Å². The van der Waals surface area contributed by atoms with Gasteiger partial charge in [-0.25, -0.2) is 8.78 Å². The number of aromatic nitrogens is 2. The molecule has 7 heteroatoms. The van der Waals surface area contributed by atoms with Crippen molar-refractivity contribution in [3.8, 4) is 0 Å². The Bertz CT molecular complexity index is 618. The summed E-state index contributed by atoms with van der Waals surface area (Å²) in [7, 11) is 3.32. The lowest BCUT2D eigenvalue weighted by molar-refractivity contribution is 0.182. The maximum atomic E-state index is 14.0.